The molecule has 0 radical (unpaired) electrons. The molecule has 0 aromatic heterocycles. The summed E-state index contributed by atoms with van der Waals surface area (Å²) in [4.78, 5) is 2.62. The Morgan fingerprint density at radius 3 is 2.58 bits per heavy atom. The van der Waals surface area contributed by atoms with E-state index < -0.39 is 0 Å². The van der Waals surface area contributed by atoms with E-state index >= 15 is 0 Å². The Bertz CT molecular complexity index is 288. The summed E-state index contributed by atoms with van der Waals surface area (Å²) >= 11 is 0. The molecule has 3 atom stereocenters. The van der Waals surface area contributed by atoms with Crippen LogP contribution in [0.2, 0.25) is 0 Å². The maximum Gasteiger partial charge on any atom is 0.0571 e. The van der Waals surface area contributed by atoms with Gasteiger partial charge in [0.2, 0.25) is 0 Å². The molecule has 1 saturated heterocycles. The summed E-state index contributed by atoms with van der Waals surface area (Å²) in [6.07, 6.45) is 8.81. The van der Waals surface area contributed by atoms with Crippen LogP contribution in [0.3, 0.4) is 0 Å². The minimum atomic E-state index is -0.0202. The van der Waals surface area contributed by atoms with Gasteiger partial charge in [-0.05, 0) is 63.3 Å². The fourth-order valence-electron chi connectivity index (χ4n) is 3.69. The van der Waals surface area contributed by atoms with Gasteiger partial charge >= 0.3 is 0 Å². The maximum atomic E-state index is 10.2. The van der Waals surface area contributed by atoms with E-state index in [0.29, 0.717) is 17.9 Å². The summed E-state index contributed by atoms with van der Waals surface area (Å²) in [5, 5.41) is 14.0. The monoisotopic (exact) mass is 266 g/mol. The van der Waals surface area contributed by atoms with E-state index in [9.17, 15) is 5.11 Å². The molecule has 19 heavy (non-hydrogen) atoms. The molecule has 3 rings (SSSR count). The Morgan fingerprint density at radius 2 is 1.95 bits per heavy atom. The quantitative estimate of drug-likeness (QED) is 0.740. The first-order valence-electron chi connectivity index (χ1n) is 8.41. The molecule has 0 amide bonds. The van der Waals surface area contributed by atoms with Crippen molar-refractivity contribution in [3.05, 3.63) is 0 Å². The molecule has 0 bridgehead atoms. The van der Waals surface area contributed by atoms with Crippen molar-refractivity contribution in [3.63, 3.8) is 0 Å². The number of aliphatic hydroxyl groups excluding tert-OH is 1. The molecule has 0 spiro atoms. The topological polar surface area (TPSA) is 35.5 Å². The van der Waals surface area contributed by atoms with Crippen LogP contribution in [0, 0.1) is 11.8 Å². The van der Waals surface area contributed by atoms with Gasteiger partial charge in [-0.3, -0.25) is 0 Å². The van der Waals surface area contributed by atoms with Crippen molar-refractivity contribution in [3.8, 4) is 0 Å². The largest absolute Gasteiger partial charge is 0.393 e. The van der Waals surface area contributed by atoms with Crippen molar-refractivity contribution >= 4 is 0 Å². The second-order valence-electron chi connectivity index (χ2n) is 7.14. The fraction of sp³-hybridized carbons (Fsp3) is 1.00. The van der Waals surface area contributed by atoms with Gasteiger partial charge in [0.05, 0.1) is 6.10 Å². The van der Waals surface area contributed by atoms with Crippen molar-refractivity contribution < 1.29 is 5.11 Å². The van der Waals surface area contributed by atoms with Crippen molar-refractivity contribution in [1.29, 1.82) is 0 Å². The summed E-state index contributed by atoms with van der Waals surface area (Å²) in [5.74, 6) is 1.34. The summed E-state index contributed by atoms with van der Waals surface area (Å²) in [7, 11) is 0. The number of piperidine rings is 1. The molecule has 3 nitrogen and oxygen atoms in total. The van der Waals surface area contributed by atoms with Crippen LogP contribution in [0.1, 0.15) is 51.9 Å². The number of likely N-dealkylation sites (tertiary alicyclic amines) is 1. The Morgan fingerprint density at radius 1 is 1.16 bits per heavy atom. The Hall–Kier alpha value is -0.120. The molecule has 1 aliphatic heterocycles. The number of nitrogens with zero attached hydrogens (tertiary/aromatic N) is 1. The molecular weight excluding hydrogens is 236 g/mol. The molecule has 3 fully saturated rings. The van der Waals surface area contributed by atoms with Crippen LogP contribution >= 0.6 is 0 Å². The van der Waals surface area contributed by atoms with E-state index in [-0.39, 0.29) is 6.10 Å². The Kier molecular flexibility index (Phi) is 4.45. The number of hydrogen-bond donors (Lipinski definition) is 2. The van der Waals surface area contributed by atoms with E-state index in [1.807, 2.05) is 0 Å². The third-order valence-corrected chi connectivity index (χ3v) is 4.94. The van der Waals surface area contributed by atoms with Gasteiger partial charge in [-0.2, -0.15) is 0 Å². The van der Waals surface area contributed by atoms with Gasteiger partial charge in [-0.25, -0.2) is 0 Å². The number of nitrogens with one attached hydrogen (secondary N) is 1. The fourth-order valence-corrected chi connectivity index (χ4v) is 3.69. The van der Waals surface area contributed by atoms with Crippen molar-refractivity contribution in [2.24, 2.45) is 11.8 Å². The van der Waals surface area contributed by atoms with E-state index in [1.165, 1.54) is 58.2 Å². The second kappa shape index (κ2) is 6.11. The smallest absolute Gasteiger partial charge is 0.0571 e. The number of hydrogen-bond acceptors (Lipinski definition) is 3. The summed E-state index contributed by atoms with van der Waals surface area (Å²) < 4.78 is 0. The van der Waals surface area contributed by atoms with E-state index in [4.69, 9.17) is 0 Å². The summed E-state index contributed by atoms with van der Waals surface area (Å²) in [6, 6.07) is 1.48. The molecule has 0 aromatic carbocycles. The highest BCUT2D eigenvalue weighted by atomic mass is 16.3. The predicted molar refractivity (Wildman–Crippen MR) is 78.1 cm³/mol. The van der Waals surface area contributed by atoms with Crippen LogP contribution in [0.4, 0.5) is 0 Å². The zero-order valence-corrected chi connectivity index (χ0v) is 12.4. The first-order chi connectivity index (χ1) is 9.24. The van der Waals surface area contributed by atoms with Crippen molar-refractivity contribution in [2.75, 3.05) is 19.6 Å². The third kappa shape index (κ3) is 4.17. The highest BCUT2D eigenvalue weighted by Crippen LogP contribution is 2.36. The van der Waals surface area contributed by atoms with Crippen LogP contribution in [0.5, 0.6) is 0 Å². The van der Waals surface area contributed by atoms with E-state index in [0.717, 1.165) is 12.5 Å². The van der Waals surface area contributed by atoms with Crippen molar-refractivity contribution in [1.82, 2.24) is 10.2 Å². The van der Waals surface area contributed by atoms with Crippen molar-refractivity contribution in [2.45, 2.75) is 70.1 Å². The van der Waals surface area contributed by atoms with Gasteiger partial charge in [-0.1, -0.05) is 6.92 Å². The highest BCUT2D eigenvalue weighted by Gasteiger charge is 2.35. The molecule has 0 aromatic rings. The first-order valence-corrected chi connectivity index (χ1v) is 8.41. The standard InChI is InChI=1S/C16H30N2O/c1-2-7-18-10-12(9-16(19)13-3-4-13)8-15(11-18)17-14-5-6-14/h12-17,19H,2-11H2,1H3. The molecule has 2 N–H and O–H groups in total. The molecule has 1 heterocycles. The van der Waals surface area contributed by atoms with E-state index in [2.05, 4.69) is 17.1 Å². The normalized spacial score (nSPS) is 34.4. The molecule has 3 heteroatoms. The second-order valence-corrected chi connectivity index (χ2v) is 7.14. The van der Waals surface area contributed by atoms with Crippen LogP contribution in [-0.4, -0.2) is 47.8 Å². The van der Waals surface area contributed by atoms with Crippen LogP contribution in [0.25, 0.3) is 0 Å². The van der Waals surface area contributed by atoms with Gasteiger partial charge < -0.3 is 15.3 Å². The summed E-state index contributed by atoms with van der Waals surface area (Å²) in [5.41, 5.74) is 0. The molecule has 110 valence electrons. The summed E-state index contributed by atoms with van der Waals surface area (Å²) in [6.45, 7) is 5.92. The average Bonchev–Trinajstić information content (AvgIpc) is 3.24. The van der Waals surface area contributed by atoms with E-state index in [1.54, 1.807) is 0 Å². The van der Waals surface area contributed by atoms with Gasteiger partial charge in [-0.15, -0.1) is 0 Å². The Labute approximate surface area is 117 Å². The predicted octanol–water partition coefficient (Wildman–Crippen LogP) is 2.00. The third-order valence-electron chi connectivity index (χ3n) is 4.94. The molecule has 2 saturated carbocycles. The number of rotatable bonds is 7. The zero-order valence-electron chi connectivity index (χ0n) is 12.4. The molecule has 3 aliphatic rings. The molecule has 2 aliphatic carbocycles. The minimum Gasteiger partial charge on any atom is -0.393 e. The first kappa shape index (κ1) is 13.8. The lowest BCUT2D eigenvalue weighted by molar-refractivity contribution is 0.0746. The van der Waals surface area contributed by atoms with Gasteiger partial charge in [0, 0.05) is 25.2 Å². The average molecular weight is 266 g/mol. The van der Waals surface area contributed by atoms with Crippen LogP contribution in [-0.2, 0) is 0 Å². The van der Waals surface area contributed by atoms with Gasteiger partial charge in [0.15, 0.2) is 0 Å². The van der Waals surface area contributed by atoms with Gasteiger partial charge in [0.25, 0.3) is 0 Å². The Balaban J connectivity index is 1.51. The molecule has 3 unspecified atom stereocenters. The lowest BCUT2D eigenvalue weighted by atomic mass is 9.88. The molecular formula is C16H30N2O. The van der Waals surface area contributed by atoms with Crippen LogP contribution in [0.15, 0.2) is 0 Å². The van der Waals surface area contributed by atoms with Gasteiger partial charge in [0.1, 0.15) is 0 Å². The number of aliphatic hydroxyl groups is 1. The minimum absolute atomic E-state index is 0.0202. The SMILES string of the molecule is CCCN1CC(CC(O)C2CC2)CC(NC2CC2)C1. The lowest BCUT2D eigenvalue weighted by Gasteiger charge is -2.39. The van der Waals surface area contributed by atoms with Crippen LogP contribution < -0.4 is 5.32 Å². The maximum absolute atomic E-state index is 10.2. The zero-order chi connectivity index (χ0) is 13.2. The highest BCUT2D eigenvalue weighted by molar-refractivity contribution is 4.92. The lowest BCUT2D eigenvalue weighted by Crippen LogP contribution is -2.50.